The van der Waals surface area contributed by atoms with Crippen molar-refractivity contribution in [2.45, 2.75) is 6.61 Å². The molecule has 0 spiro atoms. The topological polar surface area (TPSA) is 35.5 Å². The predicted octanol–water partition coefficient (Wildman–Crippen LogP) is 1.85. The quantitative estimate of drug-likeness (QED) is 0.291. The average molecular weight is 222 g/mol. The van der Waals surface area contributed by atoms with Crippen LogP contribution < -0.4 is 0 Å². The molecule has 1 heterocycles. The summed E-state index contributed by atoms with van der Waals surface area (Å²) in [6.45, 7) is -0.666. The van der Waals surface area contributed by atoms with Crippen LogP contribution in [-0.4, -0.2) is 5.97 Å². The molecule has 0 radical (unpaired) electrons. The average Bonchev–Trinajstić information content (AvgIpc) is 2.23. The number of benzene rings is 1. The van der Waals surface area contributed by atoms with Gasteiger partial charge in [0.15, 0.2) is 23.3 Å². The number of fused-ring (bicyclic) bond motifs is 1. The Morgan fingerprint density at radius 1 is 0.933 bits per heavy atom. The number of carbonyl (C=O) groups excluding carboxylic acids is 1. The molecule has 15 heavy (non-hydrogen) atoms. The first kappa shape index (κ1) is 9.91. The second-order valence-corrected chi connectivity index (χ2v) is 2.74. The Labute approximate surface area is 80.1 Å². The zero-order chi connectivity index (χ0) is 11.2. The molecule has 1 aromatic rings. The van der Waals surface area contributed by atoms with Crippen molar-refractivity contribution < 1.29 is 32.1 Å². The Balaban J connectivity index is 2.80. The SMILES string of the molecule is O=C1OOCc2c(F)c(F)c(F)c(F)c21. The monoisotopic (exact) mass is 222 g/mol. The fourth-order valence-electron chi connectivity index (χ4n) is 1.21. The molecule has 0 bridgehead atoms. The number of carbonyl (C=O) groups is 1. The van der Waals surface area contributed by atoms with Gasteiger partial charge in [0.25, 0.3) is 0 Å². The molecular weight excluding hydrogens is 220 g/mol. The van der Waals surface area contributed by atoms with Gasteiger partial charge in [0.1, 0.15) is 12.2 Å². The first-order valence-electron chi connectivity index (χ1n) is 3.72. The van der Waals surface area contributed by atoms with Crippen molar-refractivity contribution in [3.05, 3.63) is 34.4 Å². The molecule has 0 fully saturated rings. The van der Waals surface area contributed by atoms with Crippen LogP contribution >= 0.6 is 0 Å². The molecular formula is C8H2F4O3. The zero-order valence-electron chi connectivity index (χ0n) is 6.94. The van der Waals surface area contributed by atoms with Gasteiger partial charge in [0.05, 0.1) is 0 Å². The maximum Gasteiger partial charge on any atom is 0.376 e. The first-order valence-corrected chi connectivity index (χ1v) is 3.72. The van der Waals surface area contributed by atoms with Gasteiger partial charge < -0.3 is 0 Å². The molecule has 0 saturated carbocycles. The predicted molar refractivity (Wildman–Crippen MR) is 36.5 cm³/mol. The van der Waals surface area contributed by atoms with Crippen molar-refractivity contribution in [3.8, 4) is 0 Å². The molecule has 2 rings (SSSR count). The first-order chi connectivity index (χ1) is 7.04. The smallest absolute Gasteiger partial charge is 0.292 e. The van der Waals surface area contributed by atoms with Gasteiger partial charge in [-0.2, -0.15) is 4.89 Å². The van der Waals surface area contributed by atoms with E-state index >= 15 is 0 Å². The molecule has 0 aromatic heterocycles. The van der Waals surface area contributed by atoms with Gasteiger partial charge >= 0.3 is 5.97 Å². The van der Waals surface area contributed by atoms with Gasteiger partial charge in [-0.25, -0.2) is 22.4 Å². The third kappa shape index (κ3) is 1.27. The Hall–Kier alpha value is -1.63. The maximum atomic E-state index is 13.0. The van der Waals surface area contributed by atoms with Crippen LogP contribution in [0.3, 0.4) is 0 Å². The van der Waals surface area contributed by atoms with E-state index in [0.717, 1.165) is 0 Å². The third-order valence-electron chi connectivity index (χ3n) is 1.91. The van der Waals surface area contributed by atoms with Crippen molar-refractivity contribution in [2.24, 2.45) is 0 Å². The molecule has 0 unspecified atom stereocenters. The highest BCUT2D eigenvalue weighted by Crippen LogP contribution is 2.28. The largest absolute Gasteiger partial charge is 0.376 e. The van der Waals surface area contributed by atoms with E-state index in [1.165, 1.54) is 0 Å². The van der Waals surface area contributed by atoms with Gasteiger partial charge in [0.2, 0.25) is 0 Å². The molecule has 0 saturated heterocycles. The minimum Gasteiger partial charge on any atom is -0.292 e. The van der Waals surface area contributed by atoms with Gasteiger partial charge in [-0.1, -0.05) is 0 Å². The highest BCUT2D eigenvalue weighted by Gasteiger charge is 2.33. The van der Waals surface area contributed by atoms with Crippen molar-refractivity contribution in [1.29, 1.82) is 0 Å². The summed E-state index contributed by atoms with van der Waals surface area (Å²) >= 11 is 0. The number of rotatable bonds is 0. The third-order valence-corrected chi connectivity index (χ3v) is 1.91. The van der Waals surface area contributed by atoms with Gasteiger partial charge in [-0.15, -0.1) is 0 Å². The molecule has 0 aliphatic carbocycles. The Morgan fingerprint density at radius 3 is 2.20 bits per heavy atom. The Kier molecular flexibility index (Phi) is 2.11. The van der Waals surface area contributed by atoms with Crippen molar-refractivity contribution >= 4 is 5.97 Å². The van der Waals surface area contributed by atoms with Crippen molar-refractivity contribution in [1.82, 2.24) is 0 Å². The van der Waals surface area contributed by atoms with Crippen LogP contribution in [-0.2, 0) is 16.4 Å². The zero-order valence-corrected chi connectivity index (χ0v) is 6.94. The molecule has 7 heteroatoms. The van der Waals surface area contributed by atoms with Crippen LogP contribution in [0, 0.1) is 23.3 Å². The second-order valence-electron chi connectivity index (χ2n) is 2.74. The molecule has 1 aliphatic heterocycles. The van der Waals surface area contributed by atoms with Gasteiger partial charge in [-0.05, 0) is 0 Å². The standard InChI is InChI=1S/C8H2F4O3/c9-4-2-1-14-15-8(13)3(2)5(10)7(12)6(4)11/h1H2. The lowest BCUT2D eigenvalue weighted by molar-refractivity contribution is -0.257. The van der Waals surface area contributed by atoms with E-state index in [1.807, 2.05) is 0 Å². The number of hydrogen-bond donors (Lipinski definition) is 0. The summed E-state index contributed by atoms with van der Waals surface area (Å²) in [5.74, 6) is -8.86. The van der Waals surface area contributed by atoms with Crippen LogP contribution in [0.2, 0.25) is 0 Å². The van der Waals surface area contributed by atoms with E-state index in [-0.39, 0.29) is 0 Å². The minimum absolute atomic E-state index is 0.666. The second kappa shape index (κ2) is 3.20. The highest BCUT2D eigenvalue weighted by atomic mass is 19.2. The molecule has 1 aromatic carbocycles. The maximum absolute atomic E-state index is 13.0. The van der Waals surface area contributed by atoms with Crippen LogP contribution in [0.1, 0.15) is 15.9 Å². The molecule has 0 atom stereocenters. The normalized spacial score (nSPS) is 14.8. The van der Waals surface area contributed by atoms with Gasteiger partial charge in [0, 0.05) is 5.56 Å². The molecule has 0 amide bonds. The molecule has 3 nitrogen and oxygen atoms in total. The van der Waals surface area contributed by atoms with Gasteiger partial charge in [-0.3, -0.25) is 4.89 Å². The molecule has 0 N–H and O–H groups in total. The summed E-state index contributed by atoms with van der Waals surface area (Å²) in [5, 5.41) is 0. The van der Waals surface area contributed by atoms with E-state index in [9.17, 15) is 22.4 Å². The summed E-state index contributed by atoms with van der Waals surface area (Å²) in [5.41, 5.74) is -1.67. The number of hydrogen-bond acceptors (Lipinski definition) is 3. The van der Waals surface area contributed by atoms with Crippen LogP contribution in [0.4, 0.5) is 17.6 Å². The van der Waals surface area contributed by atoms with E-state index in [2.05, 4.69) is 9.78 Å². The summed E-state index contributed by atoms with van der Waals surface area (Å²) in [6.07, 6.45) is 0. The van der Waals surface area contributed by atoms with E-state index < -0.39 is 47.0 Å². The lowest BCUT2D eigenvalue weighted by Gasteiger charge is -2.15. The Morgan fingerprint density at radius 2 is 1.53 bits per heavy atom. The number of halogens is 4. The Bertz CT molecular complexity index is 458. The fraction of sp³-hybridized carbons (Fsp3) is 0.125. The molecule has 80 valence electrons. The van der Waals surface area contributed by atoms with Crippen LogP contribution in [0.25, 0.3) is 0 Å². The lowest BCUT2D eigenvalue weighted by Crippen LogP contribution is -2.21. The fourth-order valence-corrected chi connectivity index (χ4v) is 1.21. The summed E-state index contributed by atoms with van der Waals surface area (Å²) < 4.78 is 51.5. The van der Waals surface area contributed by atoms with Crippen LogP contribution in [0.15, 0.2) is 0 Å². The van der Waals surface area contributed by atoms with Crippen molar-refractivity contribution in [2.75, 3.05) is 0 Å². The van der Waals surface area contributed by atoms with E-state index in [0.29, 0.717) is 0 Å². The highest BCUT2D eigenvalue weighted by molar-refractivity contribution is 5.91. The van der Waals surface area contributed by atoms with E-state index in [1.54, 1.807) is 0 Å². The minimum atomic E-state index is -2.05. The summed E-state index contributed by atoms with van der Waals surface area (Å²) in [4.78, 5) is 18.9. The summed E-state index contributed by atoms with van der Waals surface area (Å²) in [6, 6.07) is 0. The van der Waals surface area contributed by atoms with Crippen LogP contribution in [0.5, 0.6) is 0 Å². The molecule has 1 aliphatic rings. The summed E-state index contributed by atoms with van der Waals surface area (Å²) in [7, 11) is 0. The lowest BCUT2D eigenvalue weighted by atomic mass is 10.1. The van der Waals surface area contributed by atoms with Crippen molar-refractivity contribution in [3.63, 3.8) is 0 Å². The van der Waals surface area contributed by atoms with E-state index in [4.69, 9.17) is 0 Å².